The molecule has 0 atom stereocenters. The molecule has 0 aliphatic carbocycles. The van der Waals surface area contributed by atoms with Crippen molar-refractivity contribution in [2.24, 2.45) is 5.10 Å². The molecular formula is C16H17BrN2O4. The molecule has 1 N–H and O–H groups in total. The first-order valence-corrected chi connectivity index (χ1v) is 7.91. The molecule has 0 unspecified atom stereocenters. The fourth-order valence-corrected chi connectivity index (χ4v) is 2.41. The number of rotatable bonds is 7. The number of ether oxygens (including phenoxy) is 2. The van der Waals surface area contributed by atoms with Crippen LogP contribution in [0.15, 0.2) is 44.5 Å². The summed E-state index contributed by atoms with van der Waals surface area (Å²) in [6.07, 6.45) is 2.94. The van der Waals surface area contributed by atoms with Gasteiger partial charge in [-0.05, 0) is 59.6 Å². The summed E-state index contributed by atoms with van der Waals surface area (Å²) in [4.78, 5) is 11.7. The van der Waals surface area contributed by atoms with Gasteiger partial charge in [0.1, 0.15) is 0 Å². The number of hydrogen-bond acceptors (Lipinski definition) is 5. The molecule has 1 heterocycles. The molecule has 1 amide bonds. The van der Waals surface area contributed by atoms with Crippen molar-refractivity contribution in [3.05, 3.63) is 46.3 Å². The van der Waals surface area contributed by atoms with E-state index in [-0.39, 0.29) is 5.76 Å². The molecule has 7 heteroatoms. The van der Waals surface area contributed by atoms with Gasteiger partial charge in [-0.1, -0.05) is 0 Å². The monoisotopic (exact) mass is 380 g/mol. The minimum Gasteiger partial charge on any atom is -0.490 e. The Morgan fingerprint density at radius 3 is 2.78 bits per heavy atom. The number of hydrogen-bond donors (Lipinski definition) is 1. The van der Waals surface area contributed by atoms with Gasteiger partial charge in [-0.3, -0.25) is 4.79 Å². The molecule has 0 aliphatic heterocycles. The molecule has 0 saturated carbocycles. The highest BCUT2D eigenvalue weighted by molar-refractivity contribution is 9.10. The van der Waals surface area contributed by atoms with Crippen molar-refractivity contribution in [3.8, 4) is 11.5 Å². The smallest absolute Gasteiger partial charge is 0.307 e. The second kappa shape index (κ2) is 8.38. The minimum atomic E-state index is -0.415. The Morgan fingerprint density at radius 1 is 1.35 bits per heavy atom. The van der Waals surface area contributed by atoms with E-state index in [1.165, 1.54) is 12.5 Å². The van der Waals surface area contributed by atoms with E-state index in [1.54, 1.807) is 18.2 Å². The van der Waals surface area contributed by atoms with Crippen LogP contribution in [0.1, 0.15) is 30.0 Å². The van der Waals surface area contributed by atoms with Gasteiger partial charge in [-0.15, -0.1) is 0 Å². The topological polar surface area (TPSA) is 73.1 Å². The lowest BCUT2D eigenvalue weighted by atomic mass is 10.2. The van der Waals surface area contributed by atoms with Crippen LogP contribution >= 0.6 is 15.9 Å². The van der Waals surface area contributed by atoms with E-state index in [2.05, 4.69) is 26.5 Å². The number of nitrogens with zero attached hydrogens (tertiary/aromatic N) is 1. The fourth-order valence-electron chi connectivity index (χ4n) is 1.84. The molecule has 2 rings (SSSR count). The van der Waals surface area contributed by atoms with E-state index in [0.717, 1.165) is 10.0 Å². The number of benzene rings is 1. The molecule has 1 aromatic heterocycles. The molecule has 0 saturated heterocycles. The third kappa shape index (κ3) is 4.59. The highest BCUT2D eigenvalue weighted by Crippen LogP contribution is 2.36. The van der Waals surface area contributed by atoms with Gasteiger partial charge in [0.15, 0.2) is 17.3 Å². The van der Waals surface area contributed by atoms with E-state index >= 15 is 0 Å². The average Bonchev–Trinajstić information content (AvgIpc) is 3.05. The zero-order chi connectivity index (χ0) is 16.7. The molecule has 23 heavy (non-hydrogen) atoms. The van der Waals surface area contributed by atoms with Crippen molar-refractivity contribution in [1.82, 2.24) is 5.43 Å². The lowest BCUT2D eigenvalue weighted by molar-refractivity contribution is 0.0927. The summed E-state index contributed by atoms with van der Waals surface area (Å²) in [5.41, 5.74) is 3.15. The Balaban J connectivity index is 2.13. The molecule has 122 valence electrons. The van der Waals surface area contributed by atoms with Crippen LogP contribution in [0.25, 0.3) is 0 Å². The zero-order valence-corrected chi connectivity index (χ0v) is 14.4. The van der Waals surface area contributed by atoms with Crippen molar-refractivity contribution < 1.29 is 18.7 Å². The van der Waals surface area contributed by atoms with Gasteiger partial charge >= 0.3 is 5.91 Å². The van der Waals surface area contributed by atoms with Crippen LogP contribution in [0.5, 0.6) is 11.5 Å². The minimum absolute atomic E-state index is 0.199. The first-order chi connectivity index (χ1) is 11.2. The van der Waals surface area contributed by atoms with E-state index in [9.17, 15) is 4.79 Å². The predicted molar refractivity (Wildman–Crippen MR) is 90.2 cm³/mol. The number of amides is 1. The van der Waals surface area contributed by atoms with E-state index in [0.29, 0.717) is 24.7 Å². The van der Waals surface area contributed by atoms with Crippen molar-refractivity contribution in [1.29, 1.82) is 0 Å². The van der Waals surface area contributed by atoms with Crippen LogP contribution in [0.3, 0.4) is 0 Å². The van der Waals surface area contributed by atoms with Gasteiger partial charge in [0.05, 0.1) is 30.2 Å². The van der Waals surface area contributed by atoms with Crippen LogP contribution in [0.4, 0.5) is 0 Å². The Kier molecular flexibility index (Phi) is 6.22. The normalized spacial score (nSPS) is 10.7. The second-order valence-corrected chi connectivity index (χ2v) is 5.23. The molecule has 0 fully saturated rings. The molecule has 0 radical (unpaired) electrons. The van der Waals surface area contributed by atoms with E-state index in [4.69, 9.17) is 13.9 Å². The van der Waals surface area contributed by atoms with Crippen molar-refractivity contribution >= 4 is 28.1 Å². The first-order valence-electron chi connectivity index (χ1n) is 7.11. The summed E-state index contributed by atoms with van der Waals surface area (Å²) in [7, 11) is 0. The van der Waals surface area contributed by atoms with Crippen molar-refractivity contribution in [3.63, 3.8) is 0 Å². The zero-order valence-electron chi connectivity index (χ0n) is 12.8. The quantitative estimate of drug-likeness (QED) is 0.588. The van der Waals surface area contributed by atoms with Crippen LogP contribution < -0.4 is 14.9 Å². The van der Waals surface area contributed by atoms with Gasteiger partial charge in [0, 0.05) is 0 Å². The van der Waals surface area contributed by atoms with Gasteiger partial charge in [-0.25, -0.2) is 5.43 Å². The number of halogens is 1. The van der Waals surface area contributed by atoms with Crippen molar-refractivity contribution in [2.75, 3.05) is 13.2 Å². The first kappa shape index (κ1) is 17.1. The van der Waals surface area contributed by atoms with E-state index < -0.39 is 5.91 Å². The molecule has 0 spiro atoms. The number of hydrazone groups is 1. The van der Waals surface area contributed by atoms with Crippen molar-refractivity contribution in [2.45, 2.75) is 13.8 Å². The largest absolute Gasteiger partial charge is 0.490 e. The lowest BCUT2D eigenvalue weighted by Crippen LogP contribution is -2.16. The third-order valence-electron chi connectivity index (χ3n) is 2.75. The summed E-state index contributed by atoms with van der Waals surface area (Å²) >= 11 is 3.45. The second-order valence-electron chi connectivity index (χ2n) is 4.37. The Hall–Kier alpha value is -2.28. The molecule has 0 bridgehead atoms. The molecule has 2 aromatic rings. The van der Waals surface area contributed by atoms with Gasteiger partial charge < -0.3 is 13.9 Å². The Morgan fingerprint density at radius 2 is 2.13 bits per heavy atom. The highest BCUT2D eigenvalue weighted by Gasteiger charge is 2.11. The summed E-state index contributed by atoms with van der Waals surface area (Å²) in [6, 6.07) is 6.82. The van der Waals surface area contributed by atoms with Crippen LogP contribution in [0, 0.1) is 0 Å². The Bertz CT molecular complexity index is 684. The lowest BCUT2D eigenvalue weighted by Gasteiger charge is -2.13. The van der Waals surface area contributed by atoms with Gasteiger partial charge in [0.2, 0.25) is 0 Å². The highest BCUT2D eigenvalue weighted by atomic mass is 79.9. The molecular weight excluding hydrogens is 364 g/mol. The van der Waals surface area contributed by atoms with Gasteiger partial charge in [-0.2, -0.15) is 5.10 Å². The number of carbonyl (C=O) groups is 1. The molecule has 6 nitrogen and oxygen atoms in total. The summed E-state index contributed by atoms with van der Waals surface area (Å²) in [5.74, 6) is 1.04. The molecule has 1 aromatic carbocycles. The maximum Gasteiger partial charge on any atom is 0.307 e. The standard InChI is InChI=1S/C16H17BrN2O4/c1-3-21-14-9-11(8-12(17)15(14)22-4-2)10-18-19-16(20)13-6-5-7-23-13/h5-10H,3-4H2,1-2H3,(H,19,20)/b18-10-. The summed E-state index contributed by atoms with van der Waals surface area (Å²) < 4.78 is 16.9. The van der Waals surface area contributed by atoms with E-state index in [1.807, 2.05) is 19.9 Å². The predicted octanol–water partition coefficient (Wildman–Crippen LogP) is 3.60. The Labute approximate surface area is 142 Å². The SMILES string of the molecule is CCOc1cc(/C=N\NC(=O)c2ccco2)cc(Br)c1OCC. The maximum absolute atomic E-state index is 11.7. The number of furan rings is 1. The van der Waals surface area contributed by atoms with Crippen LogP contribution in [0.2, 0.25) is 0 Å². The van der Waals surface area contributed by atoms with Crippen LogP contribution in [-0.2, 0) is 0 Å². The molecule has 0 aliphatic rings. The number of carbonyl (C=O) groups excluding carboxylic acids is 1. The number of nitrogens with one attached hydrogen (secondary N) is 1. The fraction of sp³-hybridized carbons (Fsp3) is 0.250. The average molecular weight is 381 g/mol. The van der Waals surface area contributed by atoms with Crippen LogP contribution in [-0.4, -0.2) is 25.3 Å². The van der Waals surface area contributed by atoms with Gasteiger partial charge in [0.25, 0.3) is 0 Å². The maximum atomic E-state index is 11.7. The summed E-state index contributed by atoms with van der Waals surface area (Å²) in [6.45, 7) is 4.85. The summed E-state index contributed by atoms with van der Waals surface area (Å²) in [5, 5.41) is 3.91. The third-order valence-corrected chi connectivity index (χ3v) is 3.33.